The Morgan fingerprint density at radius 1 is 1.27 bits per heavy atom. The van der Waals surface area contributed by atoms with Crippen LogP contribution in [0.4, 0.5) is 0 Å². The van der Waals surface area contributed by atoms with E-state index < -0.39 is 10.0 Å². The van der Waals surface area contributed by atoms with Crippen molar-refractivity contribution in [2.75, 3.05) is 25.9 Å². The third-order valence-electron chi connectivity index (χ3n) is 1.84. The van der Waals surface area contributed by atoms with Gasteiger partial charge in [-0.05, 0) is 20.0 Å². The average molecular weight is 236 g/mol. The number of sulfonamides is 1. The zero-order valence-corrected chi connectivity index (χ0v) is 11.1. The highest BCUT2D eigenvalue weighted by molar-refractivity contribution is 7.88. The fourth-order valence-electron chi connectivity index (χ4n) is 1.27. The van der Waals surface area contributed by atoms with Gasteiger partial charge in [0, 0.05) is 12.6 Å². The maximum atomic E-state index is 10.9. The molecule has 1 unspecified atom stereocenters. The molecular weight excluding hydrogens is 212 g/mol. The van der Waals surface area contributed by atoms with E-state index in [1.54, 1.807) is 0 Å². The van der Waals surface area contributed by atoms with Gasteiger partial charge in [-0.3, -0.25) is 0 Å². The van der Waals surface area contributed by atoms with Gasteiger partial charge in [-0.2, -0.15) is 0 Å². The number of hydrogen-bond acceptors (Lipinski definition) is 3. The third kappa shape index (κ3) is 11.5. The standard InChI is InChI=1S/C8H20N2O2S.C2H4/c1-5-10(6-2)7-8(3)9-13(4,11)12;1-2/h8-9H,5-7H2,1-4H3;1-2H2. The van der Waals surface area contributed by atoms with E-state index in [9.17, 15) is 8.42 Å². The summed E-state index contributed by atoms with van der Waals surface area (Å²) in [4.78, 5) is 2.18. The second-order valence-corrected chi connectivity index (χ2v) is 5.06. The van der Waals surface area contributed by atoms with Crippen molar-refractivity contribution in [1.82, 2.24) is 9.62 Å². The molecule has 15 heavy (non-hydrogen) atoms. The first-order chi connectivity index (χ1) is 6.89. The Morgan fingerprint density at radius 3 is 1.93 bits per heavy atom. The van der Waals surface area contributed by atoms with Crippen LogP contribution in [0.15, 0.2) is 13.2 Å². The van der Waals surface area contributed by atoms with Crippen LogP contribution >= 0.6 is 0 Å². The van der Waals surface area contributed by atoms with Crippen LogP contribution in [0.25, 0.3) is 0 Å². The van der Waals surface area contributed by atoms with Crippen molar-refractivity contribution >= 4 is 10.0 Å². The van der Waals surface area contributed by atoms with Gasteiger partial charge in [0.05, 0.1) is 6.26 Å². The molecule has 0 rings (SSSR count). The lowest BCUT2D eigenvalue weighted by Crippen LogP contribution is -2.41. The molecule has 5 heteroatoms. The van der Waals surface area contributed by atoms with Crippen LogP contribution in [0, 0.1) is 0 Å². The van der Waals surface area contributed by atoms with Crippen LogP contribution in [0.2, 0.25) is 0 Å². The highest BCUT2D eigenvalue weighted by atomic mass is 32.2. The van der Waals surface area contributed by atoms with E-state index in [1.807, 2.05) is 6.92 Å². The average Bonchev–Trinajstić information content (AvgIpc) is 2.14. The van der Waals surface area contributed by atoms with Crippen LogP contribution in [0.3, 0.4) is 0 Å². The van der Waals surface area contributed by atoms with E-state index in [1.165, 1.54) is 6.26 Å². The van der Waals surface area contributed by atoms with Gasteiger partial charge in [0.25, 0.3) is 0 Å². The molecule has 92 valence electrons. The molecule has 0 aromatic rings. The number of likely N-dealkylation sites (N-methyl/N-ethyl adjacent to an activating group) is 1. The Bertz CT molecular complexity index is 236. The Labute approximate surface area is 94.4 Å². The quantitative estimate of drug-likeness (QED) is 0.702. The van der Waals surface area contributed by atoms with E-state index in [4.69, 9.17) is 0 Å². The molecule has 0 amide bonds. The van der Waals surface area contributed by atoms with Gasteiger partial charge in [-0.25, -0.2) is 13.1 Å². The van der Waals surface area contributed by atoms with Gasteiger partial charge in [-0.1, -0.05) is 13.8 Å². The fraction of sp³-hybridized carbons (Fsp3) is 0.800. The molecule has 0 bridgehead atoms. The van der Waals surface area contributed by atoms with Crippen molar-refractivity contribution in [2.24, 2.45) is 0 Å². The second kappa shape index (κ2) is 8.88. The lowest BCUT2D eigenvalue weighted by Gasteiger charge is -2.22. The summed E-state index contributed by atoms with van der Waals surface area (Å²) >= 11 is 0. The molecule has 0 fully saturated rings. The summed E-state index contributed by atoms with van der Waals surface area (Å²) in [6.07, 6.45) is 1.19. The van der Waals surface area contributed by atoms with Crippen molar-refractivity contribution in [1.29, 1.82) is 0 Å². The minimum Gasteiger partial charge on any atom is -0.302 e. The topological polar surface area (TPSA) is 49.4 Å². The smallest absolute Gasteiger partial charge is 0.208 e. The van der Waals surface area contributed by atoms with Gasteiger partial charge >= 0.3 is 0 Å². The normalized spacial score (nSPS) is 13.1. The lowest BCUT2D eigenvalue weighted by atomic mass is 10.3. The highest BCUT2D eigenvalue weighted by Crippen LogP contribution is 1.92. The molecule has 0 saturated carbocycles. The van der Waals surface area contributed by atoms with Crippen molar-refractivity contribution < 1.29 is 8.42 Å². The van der Waals surface area contributed by atoms with Gasteiger partial charge in [0.1, 0.15) is 0 Å². The predicted molar refractivity (Wildman–Crippen MR) is 66.5 cm³/mol. The molecule has 0 aliphatic carbocycles. The van der Waals surface area contributed by atoms with Crippen molar-refractivity contribution in [2.45, 2.75) is 26.8 Å². The summed E-state index contributed by atoms with van der Waals surface area (Å²) in [6, 6.07) is -0.0186. The van der Waals surface area contributed by atoms with Crippen molar-refractivity contribution in [3.63, 3.8) is 0 Å². The Morgan fingerprint density at radius 2 is 1.67 bits per heavy atom. The summed E-state index contributed by atoms with van der Waals surface area (Å²) in [5, 5.41) is 0. The highest BCUT2D eigenvalue weighted by Gasteiger charge is 2.10. The largest absolute Gasteiger partial charge is 0.302 e. The molecule has 0 heterocycles. The van der Waals surface area contributed by atoms with Gasteiger partial charge in [-0.15, -0.1) is 13.2 Å². The van der Waals surface area contributed by atoms with E-state index >= 15 is 0 Å². The first-order valence-electron chi connectivity index (χ1n) is 5.08. The van der Waals surface area contributed by atoms with Crippen LogP contribution < -0.4 is 4.72 Å². The van der Waals surface area contributed by atoms with Gasteiger partial charge in [0.15, 0.2) is 0 Å². The van der Waals surface area contributed by atoms with E-state index in [-0.39, 0.29) is 6.04 Å². The molecular formula is C10H24N2O2S. The van der Waals surface area contributed by atoms with Crippen LogP contribution in [-0.4, -0.2) is 45.2 Å². The summed E-state index contributed by atoms with van der Waals surface area (Å²) in [5.74, 6) is 0. The maximum Gasteiger partial charge on any atom is 0.208 e. The van der Waals surface area contributed by atoms with E-state index in [2.05, 4.69) is 36.6 Å². The molecule has 0 radical (unpaired) electrons. The van der Waals surface area contributed by atoms with Gasteiger partial charge < -0.3 is 4.90 Å². The van der Waals surface area contributed by atoms with Crippen LogP contribution in [0.1, 0.15) is 20.8 Å². The minimum atomic E-state index is -3.06. The first-order valence-corrected chi connectivity index (χ1v) is 6.97. The molecule has 4 nitrogen and oxygen atoms in total. The maximum absolute atomic E-state index is 10.9. The molecule has 1 atom stereocenters. The molecule has 0 aromatic carbocycles. The monoisotopic (exact) mass is 236 g/mol. The summed E-state index contributed by atoms with van der Waals surface area (Å²) in [5.41, 5.74) is 0. The second-order valence-electron chi connectivity index (χ2n) is 3.28. The summed E-state index contributed by atoms with van der Waals surface area (Å²) < 4.78 is 24.3. The molecule has 0 aliphatic heterocycles. The predicted octanol–water partition coefficient (Wildman–Crippen LogP) is 1.07. The Hall–Kier alpha value is -0.390. The zero-order chi connectivity index (χ0) is 12.5. The summed E-state index contributed by atoms with van der Waals surface area (Å²) in [7, 11) is -3.06. The van der Waals surface area contributed by atoms with Crippen molar-refractivity contribution in [3.05, 3.63) is 13.2 Å². The molecule has 0 saturated heterocycles. The zero-order valence-electron chi connectivity index (χ0n) is 10.3. The third-order valence-corrected chi connectivity index (χ3v) is 2.67. The Kier molecular flexibility index (Phi) is 10.1. The van der Waals surface area contributed by atoms with E-state index in [0.717, 1.165) is 19.6 Å². The molecule has 0 spiro atoms. The Balaban J connectivity index is 0. The fourth-order valence-corrected chi connectivity index (χ4v) is 2.08. The lowest BCUT2D eigenvalue weighted by molar-refractivity contribution is 0.282. The first kappa shape index (κ1) is 17.0. The molecule has 0 aliphatic rings. The number of nitrogens with zero attached hydrogens (tertiary/aromatic N) is 1. The van der Waals surface area contributed by atoms with E-state index in [0.29, 0.717) is 0 Å². The molecule has 0 aromatic heterocycles. The number of nitrogens with one attached hydrogen (secondary N) is 1. The number of rotatable bonds is 6. The summed E-state index contributed by atoms with van der Waals surface area (Å²) in [6.45, 7) is 14.7. The van der Waals surface area contributed by atoms with Crippen LogP contribution in [0.5, 0.6) is 0 Å². The number of hydrogen-bond donors (Lipinski definition) is 1. The van der Waals surface area contributed by atoms with Gasteiger partial charge in [0.2, 0.25) is 10.0 Å². The minimum absolute atomic E-state index is 0.0186. The van der Waals surface area contributed by atoms with Crippen LogP contribution in [-0.2, 0) is 10.0 Å². The van der Waals surface area contributed by atoms with Crippen molar-refractivity contribution in [3.8, 4) is 0 Å². The SMILES string of the molecule is C=C.CCN(CC)CC(C)NS(C)(=O)=O. The molecule has 1 N–H and O–H groups in total.